The Morgan fingerprint density at radius 3 is 2.24 bits per heavy atom. The molecule has 0 atom stereocenters. The molecule has 1 aromatic rings. The number of primary sulfonamides is 1. The van der Waals surface area contributed by atoms with Crippen molar-refractivity contribution in [2.75, 3.05) is 13.1 Å². The lowest BCUT2D eigenvalue weighted by Gasteiger charge is -2.21. The number of nitrogens with one attached hydrogen (secondary N) is 3. The van der Waals surface area contributed by atoms with Crippen LogP contribution in [0, 0.1) is 5.92 Å². The number of benzene rings is 1. The lowest BCUT2D eigenvalue weighted by Crippen LogP contribution is -2.46. The topological polar surface area (TPSA) is 147 Å². The van der Waals surface area contributed by atoms with Gasteiger partial charge in [-0.25, -0.2) is 13.6 Å². The second-order valence-corrected chi connectivity index (χ2v) is 7.28. The molecule has 1 aromatic carbocycles. The Morgan fingerprint density at radius 2 is 1.68 bits per heavy atom. The third-order valence-corrected chi connectivity index (χ3v) is 4.79. The van der Waals surface area contributed by atoms with Crippen molar-refractivity contribution in [3.05, 3.63) is 29.8 Å². The maximum Gasteiger partial charge on any atom is 0.315 e. The van der Waals surface area contributed by atoms with Crippen molar-refractivity contribution in [1.82, 2.24) is 16.0 Å². The van der Waals surface area contributed by atoms with Crippen molar-refractivity contribution in [2.45, 2.75) is 24.3 Å². The van der Waals surface area contributed by atoms with E-state index in [0.29, 0.717) is 31.5 Å². The zero-order chi connectivity index (χ0) is 18.4. The van der Waals surface area contributed by atoms with Crippen LogP contribution in [0.3, 0.4) is 0 Å². The number of sulfonamides is 1. The lowest BCUT2D eigenvalue weighted by atomic mass is 9.97. The molecule has 136 valence electrons. The van der Waals surface area contributed by atoms with Crippen LogP contribution >= 0.6 is 0 Å². The summed E-state index contributed by atoms with van der Waals surface area (Å²) in [6.07, 6.45) is 1.24. The van der Waals surface area contributed by atoms with E-state index in [4.69, 9.17) is 5.14 Å². The molecule has 1 aliphatic heterocycles. The first kappa shape index (κ1) is 19.0. The molecule has 0 aromatic heterocycles. The Balaban J connectivity index is 1.82. The van der Waals surface area contributed by atoms with Gasteiger partial charge in [-0.15, -0.1) is 0 Å². The SMILES string of the molecule is NS(=O)(=O)c1ccc(CNC(=O)C(=O)NC(=O)C2CCNCC2)cc1. The van der Waals surface area contributed by atoms with Gasteiger partial charge in [0, 0.05) is 12.5 Å². The maximum atomic E-state index is 11.9. The summed E-state index contributed by atoms with van der Waals surface area (Å²) in [5.74, 6) is -2.66. The minimum absolute atomic E-state index is 0.0126. The van der Waals surface area contributed by atoms with Gasteiger partial charge in [0.1, 0.15) is 0 Å². The highest BCUT2D eigenvalue weighted by molar-refractivity contribution is 7.89. The molecule has 0 spiro atoms. The number of hydrogen-bond donors (Lipinski definition) is 4. The van der Waals surface area contributed by atoms with Crippen molar-refractivity contribution in [3.8, 4) is 0 Å². The van der Waals surface area contributed by atoms with Crippen LogP contribution in [0.5, 0.6) is 0 Å². The summed E-state index contributed by atoms with van der Waals surface area (Å²) in [6, 6.07) is 5.55. The van der Waals surface area contributed by atoms with Gasteiger partial charge in [0.05, 0.1) is 4.90 Å². The molecule has 0 aliphatic carbocycles. The van der Waals surface area contributed by atoms with Crippen molar-refractivity contribution in [3.63, 3.8) is 0 Å². The number of carbonyl (C=O) groups excluding carboxylic acids is 3. The maximum absolute atomic E-state index is 11.9. The normalized spacial score (nSPS) is 15.4. The van der Waals surface area contributed by atoms with Crippen LogP contribution in [-0.2, 0) is 31.0 Å². The second-order valence-electron chi connectivity index (χ2n) is 5.71. The number of imide groups is 1. The number of piperidine rings is 1. The predicted octanol–water partition coefficient (Wildman–Crippen LogP) is -1.41. The standard InChI is InChI=1S/C15H20N4O5S/c16-25(23,24)12-3-1-10(2-4-12)9-18-14(21)15(22)19-13(20)11-5-7-17-8-6-11/h1-4,11,17H,5-9H2,(H,18,21)(H2,16,23,24)(H,19,20,22). The first-order valence-corrected chi connectivity index (χ1v) is 9.27. The van der Waals surface area contributed by atoms with E-state index in [9.17, 15) is 22.8 Å². The number of rotatable bonds is 4. The summed E-state index contributed by atoms with van der Waals surface area (Å²) in [4.78, 5) is 35.4. The van der Waals surface area contributed by atoms with E-state index in [2.05, 4.69) is 16.0 Å². The van der Waals surface area contributed by atoms with Crippen molar-refractivity contribution < 1.29 is 22.8 Å². The molecule has 9 nitrogen and oxygen atoms in total. The number of nitrogens with two attached hydrogens (primary N) is 1. The molecule has 2 rings (SSSR count). The molecule has 5 N–H and O–H groups in total. The molecular weight excluding hydrogens is 348 g/mol. The van der Waals surface area contributed by atoms with E-state index in [1.54, 1.807) is 0 Å². The largest absolute Gasteiger partial charge is 0.344 e. The Hall–Kier alpha value is -2.30. The van der Waals surface area contributed by atoms with Crippen molar-refractivity contribution >= 4 is 27.7 Å². The molecule has 1 aliphatic rings. The van der Waals surface area contributed by atoms with Gasteiger partial charge in [-0.05, 0) is 43.6 Å². The van der Waals surface area contributed by atoms with Gasteiger partial charge < -0.3 is 10.6 Å². The molecule has 1 heterocycles. The van der Waals surface area contributed by atoms with Crippen LogP contribution in [0.4, 0.5) is 0 Å². The van der Waals surface area contributed by atoms with Crippen LogP contribution in [0.2, 0.25) is 0 Å². The van der Waals surface area contributed by atoms with Crippen LogP contribution < -0.4 is 21.1 Å². The molecule has 10 heteroatoms. The highest BCUT2D eigenvalue weighted by Gasteiger charge is 2.24. The Labute approximate surface area is 145 Å². The highest BCUT2D eigenvalue weighted by atomic mass is 32.2. The summed E-state index contributed by atoms with van der Waals surface area (Å²) >= 11 is 0. The zero-order valence-electron chi connectivity index (χ0n) is 13.4. The van der Waals surface area contributed by atoms with Gasteiger partial charge in [0.25, 0.3) is 0 Å². The molecule has 1 fully saturated rings. The zero-order valence-corrected chi connectivity index (χ0v) is 14.3. The third kappa shape index (κ3) is 5.62. The average molecular weight is 368 g/mol. The number of hydrogen-bond acceptors (Lipinski definition) is 6. The predicted molar refractivity (Wildman–Crippen MR) is 88.4 cm³/mol. The van der Waals surface area contributed by atoms with Gasteiger partial charge in [-0.3, -0.25) is 19.7 Å². The summed E-state index contributed by atoms with van der Waals surface area (Å²) in [6.45, 7) is 1.42. The Kier molecular flexibility index (Phi) is 6.23. The summed E-state index contributed by atoms with van der Waals surface area (Å²) in [7, 11) is -3.78. The quantitative estimate of drug-likeness (QED) is 0.480. The Bertz CT molecular complexity index is 755. The minimum atomic E-state index is -3.78. The fourth-order valence-electron chi connectivity index (χ4n) is 2.41. The molecular formula is C15H20N4O5S. The van der Waals surface area contributed by atoms with Crippen LogP contribution in [0.15, 0.2) is 29.2 Å². The molecule has 0 radical (unpaired) electrons. The molecule has 0 bridgehead atoms. The molecule has 1 saturated heterocycles. The van der Waals surface area contributed by atoms with E-state index < -0.39 is 27.7 Å². The van der Waals surface area contributed by atoms with E-state index in [-0.39, 0.29) is 17.4 Å². The van der Waals surface area contributed by atoms with E-state index >= 15 is 0 Å². The molecule has 0 saturated carbocycles. The summed E-state index contributed by atoms with van der Waals surface area (Å²) in [5.41, 5.74) is 0.582. The van der Waals surface area contributed by atoms with Crippen molar-refractivity contribution in [1.29, 1.82) is 0 Å². The van der Waals surface area contributed by atoms with Gasteiger partial charge in [0.2, 0.25) is 15.9 Å². The van der Waals surface area contributed by atoms with Crippen molar-refractivity contribution in [2.24, 2.45) is 11.1 Å². The first-order chi connectivity index (χ1) is 11.8. The average Bonchev–Trinajstić information content (AvgIpc) is 2.60. The van der Waals surface area contributed by atoms with E-state index in [1.807, 2.05) is 0 Å². The molecule has 25 heavy (non-hydrogen) atoms. The van der Waals surface area contributed by atoms with Gasteiger partial charge in [-0.1, -0.05) is 12.1 Å². The summed E-state index contributed by atoms with van der Waals surface area (Å²) < 4.78 is 22.3. The molecule has 3 amide bonds. The van der Waals surface area contributed by atoms with E-state index in [1.165, 1.54) is 24.3 Å². The monoisotopic (exact) mass is 368 g/mol. The van der Waals surface area contributed by atoms with Crippen LogP contribution in [-0.4, -0.2) is 39.2 Å². The van der Waals surface area contributed by atoms with E-state index in [0.717, 1.165) is 0 Å². The smallest absolute Gasteiger partial charge is 0.315 e. The Morgan fingerprint density at radius 1 is 1.08 bits per heavy atom. The number of amides is 3. The minimum Gasteiger partial charge on any atom is -0.344 e. The third-order valence-electron chi connectivity index (χ3n) is 3.86. The summed E-state index contributed by atoms with van der Waals surface area (Å²) in [5, 5.41) is 12.6. The number of carbonyl (C=O) groups is 3. The fraction of sp³-hybridized carbons (Fsp3) is 0.400. The second kappa shape index (κ2) is 8.19. The highest BCUT2D eigenvalue weighted by Crippen LogP contribution is 2.11. The van der Waals surface area contributed by atoms with Gasteiger partial charge in [-0.2, -0.15) is 0 Å². The van der Waals surface area contributed by atoms with Crippen LogP contribution in [0.25, 0.3) is 0 Å². The van der Waals surface area contributed by atoms with Crippen LogP contribution in [0.1, 0.15) is 18.4 Å². The first-order valence-electron chi connectivity index (χ1n) is 7.73. The van der Waals surface area contributed by atoms with Gasteiger partial charge >= 0.3 is 11.8 Å². The lowest BCUT2D eigenvalue weighted by molar-refractivity contribution is -0.143. The van der Waals surface area contributed by atoms with Gasteiger partial charge in [0.15, 0.2) is 0 Å². The molecule has 0 unspecified atom stereocenters. The fourth-order valence-corrected chi connectivity index (χ4v) is 2.93.